The quantitative estimate of drug-likeness (QED) is 0.808. The number of aryl methyl sites for hydroxylation is 1. The largest absolute Gasteiger partial charge is 0.395 e. The lowest BCUT2D eigenvalue weighted by Gasteiger charge is -2.37. The molecule has 1 heterocycles. The van der Waals surface area contributed by atoms with Gasteiger partial charge in [0, 0.05) is 31.0 Å². The van der Waals surface area contributed by atoms with E-state index in [0.29, 0.717) is 12.1 Å². The minimum absolute atomic E-state index is 0.000742. The van der Waals surface area contributed by atoms with Crippen molar-refractivity contribution in [1.29, 1.82) is 0 Å². The molecule has 0 atom stereocenters. The molecule has 0 aliphatic heterocycles. The molecule has 1 amide bonds. The van der Waals surface area contributed by atoms with Crippen LogP contribution >= 0.6 is 0 Å². The van der Waals surface area contributed by atoms with E-state index in [1.807, 2.05) is 13.0 Å². The molecule has 2 N–H and O–H groups in total. The van der Waals surface area contributed by atoms with Gasteiger partial charge in [-0.1, -0.05) is 6.92 Å². The van der Waals surface area contributed by atoms with Gasteiger partial charge in [-0.2, -0.15) is 0 Å². The third-order valence-electron chi connectivity index (χ3n) is 3.95. The van der Waals surface area contributed by atoms with Gasteiger partial charge in [0.2, 0.25) is 0 Å². The molecule has 2 rings (SSSR count). The van der Waals surface area contributed by atoms with E-state index in [4.69, 9.17) is 0 Å². The van der Waals surface area contributed by atoms with Crippen LogP contribution in [0, 0.1) is 6.92 Å². The van der Waals surface area contributed by atoms with Crippen LogP contribution in [0.15, 0.2) is 12.3 Å². The molecule has 21 heavy (non-hydrogen) atoms. The van der Waals surface area contributed by atoms with Gasteiger partial charge in [0.05, 0.1) is 17.9 Å². The monoisotopic (exact) mass is 291 g/mol. The molecule has 1 fully saturated rings. The van der Waals surface area contributed by atoms with Gasteiger partial charge < -0.3 is 15.3 Å². The Morgan fingerprint density at radius 2 is 2.29 bits per heavy atom. The van der Waals surface area contributed by atoms with Crippen molar-refractivity contribution in [3.63, 3.8) is 0 Å². The number of nitrogens with one attached hydrogen (secondary N) is 1. The van der Waals surface area contributed by atoms with E-state index in [-0.39, 0.29) is 18.6 Å². The molecule has 1 aromatic rings. The number of nitrogens with zero attached hydrogens (tertiary/aromatic N) is 2. The summed E-state index contributed by atoms with van der Waals surface area (Å²) in [5, 5.41) is 12.5. The van der Waals surface area contributed by atoms with E-state index in [1.54, 1.807) is 11.1 Å². The van der Waals surface area contributed by atoms with E-state index in [1.165, 1.54) is 0 Å². The van der Waals surface area contributed by atoms with Crippen molar-refractivity contribution < 1.29 is 9.90 Å². The van der Waals surface area contributed by atoms with E-state index >= 15 is 0 Å². The number of carbonyl (C=O) groups excluding carboxylic acids is 1. The highest BCUT2D eigenvalue weighted by Gasteiger charge is 2.30. The SMILES string of the molecule is CCCNc1cc(C)ncc1C(=O)N(CCO)C1CCC1. The van der Waals surface area contributed by atoms with Gasteiger partial charge in [0.25, 0.3) is 5.91 Å². The normalized spacial score (nSPS) is 14.6. The van der Waals surface area contributed by atoms with Crippen molar-refractivity contribution in [3.8, 4) is 0 Å². The summed E-state index contributed by atoms with van der Waals surface area (Å²) in [6.45, 7) is 5.23. The van der Waals surface area contributed by atoms with Crippen molar-refractivity contribution >= 4 is 11.6 Å². The first-order valence-corrected chi connectivity index (χ1v) is 7.79. The smallest absolute Gasteiger partial charge is 0.257 e. The Balaban J connectivity index is 2.23. The Kier molecular flexibility index (Phi) is 5.56. The summed E-state index contributed by atoms with van der Waals surface area (Å²) in [6, 6.07) is 2.19. The number of aliphatic hydroxyl groups excluding tert-OH is 1. The third kappa shape index (κ3) is 3.73. The molecule has 1 saturated carbocycles. The third-order valence-corrected chi connectivity index (χ3v) is 3.95. The minimum Gasteiger partial charge on any atom is -0.395 e. The van der Waals surface area contributed by atoms with Crippen LogP contribution in [0.5, 0.6) is 0 Å². The summed E-state index contributed by atoms with van der Waals surface area (Å²) < 4.78 is 0. The van der Waals surface area contributed by atoms with Crippen LogP contribution in [0.4, 0.5) is 5.69 Å². The van der Waals surface area contributed by atoms with E-state index < -0.39 is 0 Å². The fourth-order valence-electron chi connectivity index (χ4n) is 2.55. The molecule has 0 bridgehead atoms. The number of hydrogen-bond donors (Lipinski definition) is 2. The Morgan fingerprint density at radius 3 is 2.86 bits per heavy atom. The van der Waals surface area contributed by atoms with Gasteiger partial charge in [-0.05, 0) is 38.7 Å². The van der Waals surface area contributed by atoms with Gasteiger partial charge >= 0.3 is 0 Å². The van der Waals surface area contributed by atoms with Crippen LogP contribution in [-0.4, -0.2) is 46.6 Å². The number of pyridine rings is 1. The number of aliphatic hydroxyl groups is 1. The lowest BCUT2D eigenvalue weighted by molar-refractivity contribution is 0.0526. The van der Waals surface area contributed by atoms with Crippen molar-refractivity contribution in [2.75, 3.05) is 25.0 Å². The second-order valence-corrected chi connectivity index (χ2v) is 5.60. The number of carbonyl (C=O) groups is 1. The van der Waals surface area contributed by atoms with Crippen molar-refractivity contribution in [3.05, 3.63) is 23.5 Å². The van der Waals surface area contributed by atoms with E-state index in [0.717, 1.165) is 43.6 Å². The summed E-state index contributed by atoms with van der Waals surface area (Å²) in [5.74, 6) is -0.0279. The average molecular weight is 291 g/mol. The molecule has 5 heteroatoms. The maximum Gasteiger partial charge on any atom is 0.257 e. The maximum atomic E-state index is 12.8. The molecule has 0 saturated heterocycles. The Labute approximate surface area is 126 Å². The average Bonchev–Trinajstić information content (AvgIpc) is 2.42. The van der Waals surface area contributed by atoms with E-state index in [2.05, 4.69) is 17.2 Å². The summed E-state index contributed by atoms with van der Waals surface area (Å²) in [4.78, 5) is 18.9. The first-order chi connectivity index (χ1) is 10.2. The van der Waals surface area contributed by atoms with Crippen LogP contribution in [0.25, 0.3) is 0 Å². The first-order valence-electron chi connectivity index (χ1n) is 7.79. The fourth-order valence-corrected chi connectivity index (χ4v) is 2.55. The highest BCUT2D eigenvalue weighted by Crippen LogP contribution is 2.27. The van der Waals surface area contributed by atoms with Crippen LogP contribution in [0.2, 0.25) is 0 Å². The molecule has 1 aliphatic carbocycles. The number of amides is 1. The molecule has 0 aromatic carbocycles. The fraction of sp³-hybridized carbons (Fsp3) is 0.625. The Morgan fingerprint density at radius 1 is 1.52 bits per heavy atom. The van der Waals surface area contributed by atoms with Crippen LogP contribution in [0.3, 0.4) is 0 Å². The topological polar surface area (TPSA) is 65.5 Å². The summed E-state index contributed by atoms with van der Waals surface area (Å²) in [5.41, 5.74) is 2.34. The standard InChI is InChI=1S/C16H25N3O2/c1-3-7-17-15-10-12(2)18-11-14(15)16(21)19(8-9-20)13-5-4-6-13/h10-11,13,20H,3-9H2,1-2H3,(H,17,18). The molecule has 1 aromatic heterocycles. The number of hydrogen-bond acceptors (Lipinski definition) is 4. The van der Waals surface area contributed by atoms with Gasteiger partial charge in [-0.3, -0.25) is 9.78 Å². The molecule has 5 nitrogen and oxygen atoms in total. The molecule has 116 valence electrons. The maximum absolute atomic E-state index is 12.8. The highest BCUT2D eigenvalue weighted by molar-refractivity contribution is 5.99. The lowest BCUT2D eigenvalue weighted by Crippen LogP contribution is -2.45. The van der Waals surface area contributed by atoms with Gasteiger partial charge in [0.15, 0.2) is 0 Å². The first kappa shape index (κ1) is 15.8. The lowest BCUT2D eigenvalue weighted by atomic mass is 9.91. The van der Waals surface area contributed by atoms with Crippen LogP contribution in [-0.2, 0) is 0 Å². The van der Waals surface area contributed by atoms with Crippen molar-refractivity contribution in [1.82, 2.24) is 9.88 Å². The molecule has 0 radical (unpaired) electrons. The Hall–Kier alpha value is -1.62. The minimum atomic E-state index is -0.0279. The van der Waals surface area contributed by atoms with Crippen LogP contribution < -0.4 is 5.32 Å². The summed E-state index contributed by atoms with van der Waals surface area (Å²) in [6.07, 6.45) is 5.87. The van der Waals surface area contributed by atoms with Gasteiger partial charge in [0.1, 0.15) is 0 Å². The predicted octanol–water partition coefficient (Wildman–Crippen LogP) is 2.20. The molecule has 0 unspecified atom stereocenters. The number of anilines is 1. The molecular formula is C16H25N3O2. The zero-order chi connectivity index (χ0) is 15.2. The Bertz CT molecular complexity index is 486. The summed E-state index contributed by atoms with van der Waals surface area (Å²) in [7, 11) is 0. The molecular weight excluding hydrogens is 266 g/mol. The predicted molar refractivity (Wildman–Crippen MR) is 83.5 cm³/mol. The number of aromatic nitrogens is 1. The highest BCUT2D eigenvalue weighted by atomic mass is 16.3. The van der Waals surface area contributed by atoms with Gasteiger partial charge in [-0.25, -0.2) is 0 Å². The van der Waals surface area contributed by atoms with Crippen molar-refractivity contribution in [2.24, 2.45) is 0 Å². The van der Waals surface area contributed by atoms with E-state index in [9.17, 15) is 9.90 Å². The molecule has 1 aliphatic rings. The molecule has 0 spiro atoms. The number of rotatable bonds is 7. The zero-order valence-electron chi connectivity index (χ0n) is 12.9. The second kappa shape index (κ2) is 7.41. The second-order valence-electron chi connectivity index (χ2n) is 5.60. The van der Waals surface area contributed by atoms with Crippen LogP contribution in [0.1, 0.15) is 48.7 Å². The van der Waals surface area contributed by atoms with Gasteiger partial charge in [-0.15, -0.1) is 0 Å². The zero-order valence-corrected chi connectivity index (χ0v) is 12.9. The summed E-state index contributed by atoms with van der Waals surface area (Å²) >= 11 is 0. The van der Waals surface area contributed by atoms with Crippen molar-refractivity contribution in [2.45, 2.75) is 45.6 Å².